The summed E-state index contributed by atoms with van der Waals surface area (Å²) in [6.07, 6.45) is 0. The molecular weight excluding hydrogens is 240 g/mol. The van der Waals surface area contributed by atoms with Gasteiger partial charge in [0.15, 0.2) is 0 Å². The third-order valence-electron chi connectivity index (χ3n) is 2.96. The van der Waals surface area contributed by atoms with Crippen molar-refractivity contribution < 1.29 is 4.79 Å². The third kappa shape index (κ3) is 4.67. The lowest BCUT2D eigenvalue weighted by atomic mass is 10.2. The Hall–Kier alpha value is -1.36. The molecule has 0 fully saturated rings. The second kappa shape index (κ2) is 6.70. The van der Waals surface area contributed by atoms with Gasteiger partial charge in [-0.3, -0.25) is 9.48 Å². The van der Waals surface area contributed by atoms with Crippen LogP contribution in [0.15, 0.2) is 0 Å². The largest absolute Gasteiger partial charge is 0.352 e. The molecule has 1 rings (SSSR count). The zero-order valence-electron chi connectivity index (χ0n) is 12.9. The first kappa shape index (κ1) is 15.7. The van der Waals surface area contributed by atoms with Crippen molar-refractivity contribution in [1.29, 1.82) is 0 Å². The van der Waals surface area contributed by atoms with Crippen molar-refractivity contribution in [2.24, 2.45) is 0 Å². The first-order chi connectivity index (χ1) is 8.81. The number of carbonyl (C=O) groups excluding carboxylic acids is 1. The van der Waals surface area contributed by atoms with Crippen LogP contribution in [0.25, 0.3) is 0 Å². The van der Waals surface area contributed by atoms with Crippen molar-refractivity contribution in [3.8, 4) is 0 Å². The van der Waals surface area contributed by atoms with Crippen molar-refractivity contribution in [3.63, 3.8) is 0 Å². The lowest BCUT2D eigenvalue weighted by Crippen LogP contribution is -2.33. The smallest absolute Gasteiger partial charge is 0.241 e. The van der Waals surface area contributed by atoms with Crippen LogP contribution in [0, 0.1) is 13.8 Å². The summed E-state index contributed by atoms with van der Waals surface area (Å²) in [5.74, 6) is 0.00367. The molecule has 2 N–H and O–H groups in total. The summed E-state index contributed by atoms with van der Waals surface area (Å²) in [5.41, 5.74) is 3.23. The van der Waals surface area contributed by atoms with Crippen LogP contribution < -0.4 is 10.6 Å². The Bertz CT molecular complexity index is 435. The summed E-state index contributed by atoms with van der Waals surface area (Å²) in [4.78, 5) is 11.8. The predicted molar refractivity (Wildman–Crippen MR) is 77.0 cm³/mol. The summed E-state index contributed by atoms with van der Waals surface area (Å²) < 4.78 is 1.78. The Kier molecular flexibility index (Phi) is 5.54. The fourth-order valence-electron chi connectivity index (χ4n) is 1.95. The molecule has 5 nitrogen and oxygen atoms in total. The average Bonchev–Trinajstić information content (AvgIpc) is 2.50. The van der Waals surface area contributed by atoms with E-state index in [0.717, 1.165) is 17.9 Å². The lowest BCUT2D eigenvalue weighted by molar-refractivity contribution is -0.122. The molecule has 0 bridgehead atoms. The number of carbonyl (C=O) groups is 1. The highest BCUT2D eigenvalue weighted by atomic mass is 16.2. The SMILES string of the molecule is Cc1nn(CC(=O)NC(C)C)c(C)c1CNC(C)C. The number of hydrogen-bond donors (Lipinski definition) is 2. The van der Waals surface area contributed by atoms with Gasteiger partial charge in [0.1, 0.15) is 6.54 Å². The average molecular weight is 266 g/mol. The minimum Gasteiger partial charge on any atom is -0.352 e. The normalized spacial score (nSPS) is 11.4. The maximum absolute atomic E-state index is 11.8. The summed E-state index contributed by atoms with van der Waals surface area (Å²) in [6, 6.07) is 0.595. The van der Waals surface area contributed by atoms with Gasteiger partial charge in [0.25, 0.3) is 0 Å². The van der Waals surface area contributed by atoms with Crippen LogP contribution >= 0.6 is 0 Å². The summed E-state index contributed by atoms with van der Waals surface area (Å²) in [5, 5.41) is 10.7. The summed E-state index contributed by atoms with van der Waals surface area (Å²) in [7, 11) is 0. The summed E-state index contributed by atoms with van der Waals surface area (Å²) in [6.45, 7) is 13.2. The molecule has 0 saturated heterocycles. The van der Waals surface area contributed by atoms with Crippen molar-refractivity contribution in [1.82, 2.24) is 20.4 Å². The zero-order chi connectivity index (χ0) is 14.6. The van der Waals surface area contributed by atoms with E-state index in [4.69, 9.17) is 0 Å². The maximum Gasteiger partial charge on any atom is 0.241 e. The number of nitrogens with zero attached hydrogens (tertiary/aromatic N) is 2. The molecule has 1 heterocycles. The Morgan fingerprint density at radius 2 is 1.84 bits per heavy atom. The molecule has 0 aromatic carbocycles. The molecular formula is C14H26N4O. The van der Waals surface area contributed by atoms with E-state index in [1.165, 1.54) is 5.56 Å². The predicted octanol–water partition coefficient (Wildman–Crippen LogP) is 1.52. The van der Waals surface area contributed by atoms with Gasteiger partial charge in [0, 0.05) is 29.9 Å². The molecule has 0 aliphatic heterocycles. The van der Waals surface area contributed by atoms with Crippen LogP contribution in [0.3, 0.4) is 0 Å². The van der Waals surface area contributed by atoms with Gasteiger partial charge in [-0.25, -0.2) is 0 Å². The van der Waals surface area contributed by atoms with E-state index >= 15 is 0 Å². The van der Waals surface area contributed by atoms with Crippen molar-refractivity contribution >= 4 is 5.91 Å². The Labute approximate surface area is 115 Å². The van der Waals surface area contributed by atoms with E-state index in [1.807, 2.05) is 27.7 Å². The molecule has 1 amide bonds. The number of aryl methyl sites for hydroxylation is 1. The van der Waals surface area contributed by atoms with Crippen LogP contribution in [0.1, 0.15) is 44.6 Å². The topological polar surface area (TPSA) is 59.0 Å². The Morgan fingerprint density at radius 1 is 1.21 bits per heavy atom. The first-order valence-electron chi connectivity index (χ1n) is 6.86. The molecule has 0 radical (unpaired) electrons. The van der Waals surface area contributed by atoms with Crippen LogP contribution in [0.2, 0.25) is 0 Å². The van der Waals surface area contributed by atoms with E-state index in [0.29, 0.717) is 6.04 Å². The van der Waals surface area contributed by atoms with Gasteiger partial charge in [-0.05, 0) is 27.7 Å². The minimum atomic E-state index is 0.00367. The maximum atomic E-state index is 11.8. The first-order valence-corrected chi connectivity index (χ1v) is 6.86. The molecule has 19 heavy (non-hydrogen) atoms. The van der Waals surface area contributed by atoms with Crippen LogP contribution in [-0.4, -0.2) is 27.8 Å². The number of aromatic nitrogens is 2. The van der Waals surface area contributed by atoms with E-state index in [2.05, 4.69) is 29.6 Å². The molecule has 1 aromatic rings. The van der Waals surface area contributed by atoms with Gasteiger partial charge >= 0.3 is 0 Å². The standard InChI is InChI=1S/C14H26N4O/c1-9(2)15-7-13-11(5)17-18(12(13)6)8-14(19)16-10(3)4/h9-10,15H,7-8H2,1-6H3,(H,16,19). The van der Waals surface area contributed by atoms with Crippen LogP contribution in [0.5, 0.6) is 0 Å². The minimum absolute atomic E-state index is 0.00367. The van der Waals surface area contributed by atoms with Gasteiger partial charge < -0.3 is 10.6 Å². The fourth-order valence-corrected chi connectivity index (χ4v) is 1.95. The summed E-state index contributed by atoms with van der Waals surface area (Å²) >= 11 is 0. The molecule has 108 valence electrons. The van der Waals surface area contributed by atoms with E-state index in [-0.39, 0.29) is 18.5 Å². The van der Waals surface area contributed by atoms with Crippen molar-refractivity contribution in [3.05, 3.63) is 17.0 Å². The number of rotatable bonds is 6. The molecule has 0 atom stereocenters. The van der Waals surface area contributed by atoms with Gasteiger partial charge in [-0.1, -0.05) is 13.8 Å². The number of nitrogens with one attached hydrogen (secondary N) is 2. The van der Waals surface area contributed by atoms with Gasteiger partial charge in [-0.2, -0.15) is 5.10 Å². The van der Waals surface area contributed by atoms with Crippen LogP contribution in [0.4, 0.5) is 0 Å². The fraction of sp³-hybridized carbons (Fsp3) is 0.714. The lowest BCUT2D eigenvalue weighted by Gasteiger charge is -2.10. The zero-order valence-corrected chi connectivity index (χ0v) is 12.9. The van der Waals surface area contributed by atoms with Gasteiger partial charge in [-0.15, -0.1) is 0 Å². The number of hydrogen-bond acceptors (Lipinski definition) is 3. The monoisotopic (exact) mass is 266 g/mol. The second-order valence-corrected chi connectivity index (χ2v) is 5.56. The molecule has 5 heteroatoms. The highest BCUT2D eigenvalue weighted by Crippen LogP contribution is 2.12. The second-order valence-electron chi connectivity index (χ2n) is 5.56. The molecule has 0 saturated carbocycles. The third-order valence-corrected chi connectivity index (χ3v) is 2.96. The highest BCUT2D eigenvalue weighted by molar-refractivity contribution is 5.76. The Balaban J connectivity index is 2.75. The van der Waals surface area contributed by atoms with Crippen molar-refractivity contribution in [2.75, 3.05) is 0 Å². The van der Waals surface area contributed by atoms with Crippen LogP contribution in [-0.2, 0) is 17.9 Å². The van der Waals surface area contributed by atoms with E-state index < -0.39 is 0 Å². The highest BCUT2D eigenvalue weighted by Gasteiger charge is 2.14. The molecule has 1 aromatic heterocycles. The quantitative estimate of drug-likeness (QED) is 0.821. The number of amides is 1. The van der Waals surface area contributed by atoms with Gasteiger partial charge in [0.05, 0.1) is 5.69 Å². The van der Waals surface area contributed by atoms with E-state index in [9.17, 15) is 4.79 Å². The molecule has 0 aliphatic rings. The Morgan fingerprint density at radius 3 is 2.37 bits per heavy atom. The molecule has 0 spiro atoms. The molecule has 0 aliphatic carbocycles. The van der Waals surface area contributed by atoms with Gasteiger partial charge in [0.2, 0.25) is 5.91 Å². The van der Waals surface area contributed by atoms with Crippen molar-refractivity contribution in [2.45, 2.75) is 66.7 Å². The molecule has 0 unspecified atom stereocenters. The van der Waals surface area contributed by atoms with E-state index in [1.54, 1.807) is 4.68 Å².